The molecule has 2 heterocycles. The van der Waals surface area contributed by atoms with E-state index >= 15 is 0 Å². The molecule has 1 N–H and O–H groups in total. The van der Waals surface area contributed by atoms with Gasteiger partial charge in [-0.1, -0.05) is 34.4 Å². The third-order valence-corrected chi connectivity index (χ3v) is 5.03. The molecule has 0 aliphatic carbocycles. The number of halogens is 2. The van der Waals surface area contributed by atoms with E-state index in [4.69, 9.17) is 32.8 Å². The molecule has 0 radical (unpaired) electrons. The molecule has 9 heteroatoms. The number of aliphatic carboxylic acids is 1. The van der Waals surface area contributed by atoms with Crippen LogP contribution >= 0.6 is 23.2 Å². The van der Waals surface area contributed by atoms with Gasteiger partial charge in [-0.2, -0.15) is 0 Å². The number of benzene rings is 1. The Kier molecular flexibility index (Phi) is 5.03. The van der Waals surface area contributed by atoms with Crippen molar-refractivity contribution in [3.63, 3.8) is 0 Å². The van der Waals surface area contributed by atoms with Crippen LogP contribution in [0.1, 0.15) is 39.2 Å². The summed E-state index contributed by atoms with van der Waals surface area (Å²) in [5.74, 6) is -1.12. The molecule has 3 rings (SSSR count). The van der Waals surface area contributed by atoms with Crippen molar-refractivity contribution >= 4 is 41.0 Å². The van der Waals surface area contributed by atoms with Crippen molar-refractivity contribution in [3.8, 4) is 0 Å². The van der Waals surface area contributed by atoms with Crippen LogP contribution in [-0.2, 0) is 14.4 Å². The van der Waals surface area contributed by atoms with E-state index in [0.717, 1.165) is 0 Å². The molecule has 1 spiro atoms. The van der Waals surface area contributed by atoms with E-state index in [1.54, 1.807) is 39.0 Å². The number of amides is 1. The zero-order valence-corrected chi connectivity index (χ0v) is 16.7. The smallest absolute Gasteiger partial charge is 0.411 e. The average Bonchev–Trinajstić information content (AvgIpc) is 3.11. The Morgan fingerprint density at radius 1 is 1.33 bits per heavy atom. The summed E-state index contributed by atoms with van der Waals surface area (Å²) >= 11 is 12.5. The maximum Gasteiger partial charge on any atom is 0.411 e. The van der Waals surface area contributed by atoms with Crippen LogP contribution in [0.15, 0.2) is 23.4 Å². The Morgan fingerprint density at radius 2 is 1.96 bits per heavy atom. The van der Waals surface area contributed by atoms with Crippen LogP contribution in [0.25, 0.3) is 0 Å². The maximum absolute atomic E-state index is 12.5. The third-order valence-electron chi connectivity index (χ3n) is 4.40. The van der Waals surface area contributed by atoms with Gasteiger partial charge in [0.15, 0.2) is 5.60 Å². The van der Waals surface area contributed by atoms with Crippen LogP contribution in [0.4, 0.5) is 4.79 Å². The molecule has 0 bridgehead atoms. The van der Waals surface area contributed by atoms with Crippen LogP contribution < -0.4 is 0 Å². The quantitative estimate of drug-likeness (QED) is 0.790. The molecule has 27 heavy (non-hydrogen) atoms. The molecule has 2 aliphatic rings. The number of carbonyl (C=O) groups excluding carboxylic acids is 1. The number of carboxylic acids is 1. The predicted molar refractivity (Wildman–Crippen MR) is 100 cm³/mol. The highest BCUT2D eigenvalue weighted by Gasteiger charge is 2.55. The number of carbonyl (C=O) groups is 2. The first-order valence-electron chi connectivity index (χ1n) is 8.43. The molecule has 1 aromatic carbocycles. The second-order valence-electron chi connectivity index (χ2n) is 7.75. The molecule has 2 atom stereocenters. The number of rotatable bonds is 2. The van der Waals surface area contributed by atoms with Gasteiger partial charge >= 0.3 is 12.1 Å². The molecule has 0 aromatic heterocycles. The zero-order chi connectivity index (χ0) is 20.0. The molecule has 2 aliphatic heterocycles. The SMILES string of the molecule is CC(C)(C)OC(=O)N1C[C@@]2(CC(c3c(Cl)cccc3Cl)=NO2)C[C@H]1C(=O)O. The van der Waals surface area contributed by atoms with Crippen molar-refractivity contribution < 1.29 is 24.3 Å². The van der Waals surface area contributed by atoms with Crippen molar-refractivity contribution in [2.24, 2.45) is 5.16 Å². The van der Waals surface area contributed by atoms with Crippen molar-refractivity contribution in [3.05, 3.63) is 33.8 Å². The van der Waals surface area contributed by atoms with Crippen molar-refractivity contribution in [1.29, 1.82) is 0 Å². The molecule has 1 aromatic rings. The molecular weight excluding hydrogens is 395 g/mol. The minimum absolute atomic E-state index is 0.0496. The van der Waals surface area contributed by atoms with Gasteiger partial charge in [0.25, 0.3) is 0 Å². The number of ether oxygens (including phenoxy) is 1. The summed E-state index contributed by atoms with van der Waals surface area (Å²) in [6.07, 6.45) is -0.310. The molecule has 1 amide bonds. The van der Waals surface area contributed by atoms with Gasteiger partial charge in [-0.3, -0.25) is 4.90 Å². The first-order chi connectivity index (χ1) is 12.5. The first kappa shape index (κ1) is 19.8. The van der Waals surface area contributed by atoms with Crippen LogP contribution in [-0.4, -0.2) is 51.6 Å². The first-order valence-corrected chi connectivity index (χ1v) is 9.19. The molecule has 1 saturated heterocycles. The molecule has 0 saturated carbocycles. The maximum atomic E-state index is 12.5. The summed E-state index contributed by atoms with van der Waals surface area (Å²) in [5, 5.41) is 14.5. The fourth-order valence-corrected chi connectivity index (χ4v) is 3.92. The highest BCUT2D eigenvalue weighted by atomic mass is 35.5. The number of oxime groups is 1. The highest BCUT2D eigenvalue weighted by molar-refractivity contribution is 6.40. The zero-order valence-electron chi connectivity index (χ0n) is 15.2. The second kappa shape index (κ2) is 6.87. The van der Waals surface area contributed by atoms with Crippen LogP contribution in [0, 0.1) is 0 Å². The normalized spacial score (nSPS) is 24.7. The van der Waals surface area contributed by atoms with E-state index in [9.17, 15) is 14.7 Å². The van der Waals surface area contributed by atoms with Crippen molar-refractivity contribution in [1.82, 2.24) is 4.90 Å². The summed E-state index contributed by atoms with van der Waals surface area (Å²) in [4.78, 5) is 31.0. The number of nitrogens with zero attached hydrogens (tertiary/aromatic N) is 2. The lowest BCUT2D eigenvalue weighted by Crippen LogP contribution is -2.44. The lowest BCUT2D eigenvalue weighted by molar-refractivity contribution is -0.142. The van der Waals surface area contributed by atoms with Gasteiger partial charge in [-0.15, -0.1) is 0 Å². The summed E-state index contributed by atoms with van der Waals surface area (Å²) in [5.41, 5.74) is -0.599. The summed E-state index contributed by atoms with van der Waals surface area (Å²) in [7, 11) is 0. The molecular formula is C18H20Cl2N2O5. The molecule has 1 fully saturated rings. The van der Waals surface area contributed by atoms with Crippen molar-refractivity contribution in [2.75, 3.05) is 6.54 Å². The summed E-state index contributed by atoms with van der Waals surface area (Å²) < 4.78 is 5.34. The number of likely N-dealkylation sites (tertiary alicyclic amines) is 1. The second-order valence-corrected chi connectivity index (χ2v) is 8.57. The Balaban J connectivity index is 1.83. The van der Waals surface area contributed by atoms with Gasteiger partial charge in [0.05, 0.1) is 22.3 Å². The topological polar surface area (TPSA) is 88.4 Å². The standard InChI is InChI=1S/C18H20Cl2N2O5/c1-17(2,3)26-16(25)22-9-18(8-13(22)15(23)24)7-12(21-27-18)14-10(19)5-4-6-11(14)20/h4-6,13H,7-9H2,1-3H3,(H,23,24)/t13-,18+/m0/s1. The Bertz CT molecular complexity index is 800. The summed E-state index contributed by atoms with van der Waals surface area (Å²) in [6.45, 7) is 5.21. The van der Waals surface area contributed by atoms with Crippen molar-refractivity contribution in [2.45, 2.75) is 50.9 Å². The molecule has 146 valence electrons. The highest BCUT2D eigenvalue weighted by Crippen LogP contribution is 2.41. The Labute approximate surface area is 166 Å². The minimum Gasteiger partial charge on any atom is -0.480 e. The Morgan fingerprint density at radius 3 is 2.52 bits per heavy atom. The van der Waals surface area contributed by atoms with E-state index in [2.05, 4.69) is 5.16 Å². The van der Waals surface area contributed by atoms with E-state index in [1.807, 2.05) is 0 Å². The molecule has 7 nitrogen and oxygen atoms in total. The van der Waals surface area contributed by atoms with Gasteiger partial charge in [-0.25, -0.2) is 9.59 Å². The van der Waals surface area contributed by atoms with Gasteiger partial charge < -0.3 is 14.7 Å². The average molecular weight is 415 g/mol. The fraction of sp³-hybridized carbons (Fsp3) is 0.500. The predicted octanol–water partition coefficient (Wildman–Crippen LogP) is 3.95. The van der Waals surface area contributed by atoms with Crippen LogP contribution in [0.5, 0.6) is 0 Å². The number of hydrogen-bond donors (Lipinski definition) is 1. The fourth-order valence-electron chi connectivity index (χ4n) is 3.30. The van der Waals surface area contributed by atoms with E-state index < -0.39 is 29.3 Å². The van der Waals surface area contributed by atoms with E-state index in [0.29, 0.717) is 27.7 Å². The van der Waals surface area contributed by atoms with Crippen LogP contribution in [0.3, 0.4) is 0 Å². The molecule has 0 unspecified atom stereocenters. The van der Waals surface area contributed by atoms with Gasteiger partial charge in [0.1, 0.15) is 11.6 Å². The van der Waals surface area contributed by atoms with E-state index in [1.165, 1.54) is 4.90 Å². The van der Waals surface area contributed by atoms with Gasteiger partial charge in [-0.05, 0) is 32.9 Å². The number of hydrogen-bond acceptors (Lipinski definition) is 5. The Hall–Kier alpha value is -1.99. The summed E-state index contributed by atoms with van der Waals surface area (Å²) in [6, 6.07) is 4.05. The number of carboxylic acid groups (broad SMARTS) is 1. The largest absolute Gasteiger partial charge is 0.480 e. The lowest BCUT2D eigenvalue weighted by atomic mass is 9.91. The lowest BCUT2D eigenvalue weighted by Gasteiger charge is -2.27. The minimum atomic E-state index is -1.12. The van der Waals surface area contributed by atoms with Gasteiger partial charge in [0.2, 0.25) is 0 Å². The van der Waals surface area contributed by atoms with Crippen LogP contribution in [0.2, 0.25) is 10.0 Å². The van der Waals surface area contributed by atoms with Gasteiger partial charge in [0, 0.05) is 18.4 Å². The monoisotopic (exact) mass is 414 g/mol. The van der Waals surface area contributed by atoms with E-state index in [-0.39, 0.29) is 13.0 Å². The third kappa shape index (κ3) is 3.99.